The summed E-state index contributed by atoms with van der Waals surface area (Å²) in [6.45, 7) is 3.75. The highest BCUT2D eigenvalue weighted by Gasteiger charge is 2.28. The Bertz CT molecular complexity index is 1160. The zero-order valence-corrected chi connectivity index (χ0v) is 18.5. The Morgan fingerprint density at radius 3 is 2.70 bits per heavy atom. The van der Waals surface area contributed by atoms with E-state index in [9.17, 15) is 5.11 Å². The van der Waals surface area contributed by atoms with Crippen LogP contribution in [0.5, 0.6) is 0 Å². The number of aryl methyl sites for hydroxylation is 1. The van der Waals surface area contributed by atoms with Gasteiger partial charge in [0.25, 0.3) is 5.89 Å². The van der Waals surface area contributed by atoms with Crippen LogP contribution in [-0.2, 0) is 4.74 Å². The Labute approximate surface area is 191 Å². The maximum absolute atomic E-state index is 10.6. The number of aliphatic hydroxyl groups excluding tert-OH is 1. The Balaban J connectivity index is 1.31. The molecule has 1 saturated heterocycles. The summed E-state index contributed by atoms with van der Waals surface area (Å²) in [6, 6.07) is 9.81. The first-order valence-corrected chi connectivity index (χ1v) is 10.8. The van der Waals surface area contributed by atoms with Crippen LogP contribution in [0.1, 0.15) is 29.6 Å². The molecule has 3 aromatic rings. The molecule has 10 nitrogen and oxygen atoms in total. The van der Waals surface area contributed by atoms with Crippen molar-refractivity contribution in [1.29, 1.82) is 0 Å². The van der Waals surface area contributed by atoms with Gasteiger partial charge in [0, 0.05) is 31.9 Å². The average Bonchev–Trinajstić information content (AvgIpc) is 3.13. The van der Waals surface area contributed by atoms with Crippen molar-refractivity contribution in [1.82, 2.24) is 29.9 Å². The van der Waals surface area contributed by atoms with Crippen molar-refractivity contribution < 1.29 is 14.4 Å². The van der Waals surface area contributed by atoms with E-state index in [4.69, 9.17) is 14.3 Å². The van der Waals surface area contributed by atoms with Crippen molar-refractivity contribution in [3.63, 3.8) is 0 Å². The van der Waals surface area contributed by atoms with Gasteiger partial charge in [-0.2, -0.15) is 4.98 Å². The molecule has 0 bridgehead atoms. The number of hydrogen-bond donors (Lipinski definition) is 1. The zero-order valence-electron chi connectivity index (χ0n) is 18.5. The predicted octanol–water partition coefficient (Wildman–Crippen LogP) is 2.26. The largest absolute Gasteiger partial charge is 0.372 e. The summed E-state index contributed by atoms with van der Waals surface area (Å²) in [5.74, 6) is 1.82. The molecule has 2 aromatic heterocycles. The van der Waals surface area contributed by atoms with Crippen LogP contribution in [0.4, 0.5) is 0 Å². The number of aromatic nitrogens is 4. The standard InChI is InChI=1S/C23H25N7O3/c1-15-26-22(33-28-15)17-5-3-16(4-6-17)20-8-10-30(11-12-32-20)23-27-19(13-21(31)29(23)2)18-7-9-24-14-25-18/h3-7,9,13-14,20-21,31H,8,10-12H2,1-2H3. The molecule has 170 valence electrons. The number of rotatable bonds is 3. The highest BCUT2D eigenvalue weighted by molar-refractivity contribution is 5.88. The Hall–Kier alpha value is -3.63. The van der Waals surface area contributed by atoms with Gasteiger partial charge in [0.05, 0.1) is 24.1 Å². The molecular weight excluding hydrogens is 422 g/mol. The van der Waals surface area contributed by atoms with Crippen LogP contribution in [-0.4, -0.2) is 73.9 Å². The molecule has 5 rings (SSSR count). The summed E-state index contributed by atoms with van der Waals surface area (Å²) in [5.41, 5.74) is 3.28. The quantitative estimate of drug-likeness (QED) is 0.646. The number of likely N-dealkylation sites (N-methyl/N-ethyl adjacent to an activating group) is 1. The van der Waals surface area contributed by atoms with Gasteiger partial charge in [-0.15, -0.1) is 0 Å². The van der Waals surface area contributed by atoms with Gasteiger partial charge in [-0.1, -0.05) is 17.3 Å². The van der Waals surface area contributed by atoms with Crippen molar-refractivity contribution in [3.8, 4) is 11.5 Å². The minimum atomic E-state index is -0.789. The van der Waals surface area contributed by atoms with E-state index in [-0.39, 0.29) is 6.10 Å². The summed E-state index contributed by atoms with van der Waals surface area (Å²) in [7, 11) is 1.83. The fraction of sp³-hybridized carbons (Fsp3) is 0.348. The van der Waals surface area contributed by atoms with Gasteiger partial charge in [0.15, 0.2) is 12.1 Å². The topological polar surface area (TPSA) is 113 Å². The van der Waals surface area contributed by atoms with E-state index in [1.54, 1.807) is 30.2 Å². The van der Waals surface area contributed by atoms with Gasteiger partial charge >= 0.3 is 0 Å². The molecule has 33 heavy (non-hydrogen) atoms. The van der Waals surface area contributed by atoms with Gasteiger partial charge in [-0.05, 0) is 43.2 Å². The van der Waals surface area contributed by atoms with Crippen molar-refractivity contribution in [3.05, 3.63) is 66.0 Å². The first-order chi connectivity index (χ1) is 16.1. The monoisotopic (exact) mass is 447 g/mol. The van der Waals surface area contributed by atoms with Gasteiger partial charge in [-0.3, -0.25) is 0 Å². The van der Waals surface area contributed by atoms with E-state index in [1.165, 1.54) is 6.33 Å². The number of aliphatic imine (C=N–C) groups is 1. The summed E-state index contributed by atoms with van der Waals surface area (Å²) >= 11 is 0. The number of benzene rings is 1. The van der Waals surface area contributed by atoms with Crippen LogP contribution >= 0.6 is 0 Å². The van der Waals surface area contributed by atoms with E-state index in [0.29, 0.717) is 42.2 Å². The second-order valence-corrected chi connectivity index (χ2v) is 7.99. The normalized spacial score (nSPS) is 21.4. The number of nitrogens with zero attached hydrogens (tertiary/aromatic N) is 7. The molecule has 10 heteroatoms. The third-order valence-electron chi connectivity index (χ3n) is 5.77. The first-order valence-electron chi connectivity index (χ1n) is 10.8. The van der Waals surface area contributed by atoms with Gasteiger partial charge < -0.3 is 24.2 Å². The van der Waals surface area contributed by atoms with E-state index in [2.05, 4.69) is 25.0 Å². The van der Waals surface area contributed by atoms with Gasteiger partial charge in [0.2, 0.25) is 5.96 Å². The second-order valence-electron chi connectivity index (χ2n) is 7.99. The molecule has 1 fully saturated rings. The summed E-state index contributed by atoms with van der Waals surface area (Å²) in [6.07, 6.45) is 4.79. The lowest BCUT2D eigenvalue weighted by atomic mass is 10.0. The predicted molar refractivity (Wildman–Crippen MR) is 121 cm³/mol. The minimum Gasteiger partial charge on any atom is -0.372 e. The van der Waals surface area contributed by atoms with Crippen molar-refractivity contribution >= 4 is 11.7 Å². The van der Waals surface area contributed by atoms with E-state index in [0.717, 1.165) is 24.1 Å². The summed E-state index contributed by atoms with van der Waals surface area (Å²) in [5, 5.41) is 14.4. The molecule has 1 N–H and O–H groups in total. The molecule has 1 aromatic carbocycles. The van der Waals surface area contributed by atoms with Crippen LogP contribution in [0.25, 0.3) is 17.2 Å². The maximum atomic E-state index is 10.6. The summed E-state index contributed by atoms with van der Waals surface area (Å²) in [4.78, 5) is 21.2. The Morgan fingerprint density at radius 2 is 1.97 bits per heavy atom. The second kappa shape index (κ2) is 9.08. The number of aliphatic hydroxyl groups is 1. The fourth-order valence-electron chi connectivity index (χ4n) is 3.96. The number of ether oxygens (including phenoxy) is 1. The van der Waals surface area contributed by atoms with Crippen LogP contribution < -0.4 is 0 Å². The van der Waals surface area contributed by atoms with Crippen LogP contribution in [0.3, 0.4) is 0 Å². The van der Waals surface area contributed by atoms with Crippen molar-refractivity contribution in [2.75, 3.05) is 26.7 Å². The molecule has 2 unspecified atom stereocenters. The Morgan fingerprint density at radius 1 is 1.12 bits per heavy atom. The fourth-order valence-corrected chi connectivity index (χ4v) is 3.96. The van der Waals surface area contributed by atoms with Gasteiger partial charge in [0.1, 0.15) is 6.33 Å². The van der Waals surface area contributed by atoms with E-state index < -0.39 is 6.23 Å². The lowest BCUT2D eigenvalue weighted by molar-refractivity contribution is 0.0621. The third kappa shape index (κ3) is 4.48. The SMILES string of the molecule is Cc1noc(-c2ccc(C3CCN(C4=NC(c5ccncn5)=CC(O)N4C)CCO3)cc2)n1. The molecule has 0 aliphatic carbocycles. The van der Waals surface area contributed by atoms with E-state index >= 15 is 0 Å². The average molecular weight is 447 g/mol. The maximum Gasteiger partial charge on any atom is 0.257 e. The highest BCUT2D eigenvalue weighted by Crippen LogP contribution is 2.28. The van der Waals surface area contributed by atoms with Crippen LogP contribution in [0.15, 0.2) is 58.4 Å². The zero-order chi connectivity index (χ0) is 22.8. The molecule has 2 atom stereocenters. The molecule has 0 amide bonds. The minimum absolute atomic E-state index is 0.0373. The molecular formula is C23H25N7O3. The Kier molecular flexibility index (Phi) is 5.84. The lowest BCUT2D eigenvalue weighted by Gasteiger charge is -2.35. The number of guanidine groups is 1. The highest BCUT2D eigenvalue weighted by atomic mass is 16.5. The first kappa shape index (κ1) is 21.2. The third-order valence-corrected chi connectivity index (χ3v) is 5.77. The van der Waals surface area contributed by atoms with Crippen LogP contribution in [0.2, 0.25) is 0 Å². The van der Waals surface area contributed by atoms with Crippen LogP contribution in [0, 0.1) is 6.92 Å². The lowest BCUT2D eigenvalue weighted by Crippen LogP contribution is -2.49. The number of hydrogen-bond acceptors (Lipinski definition) is 10. The molecule has 0 spiro atoms. The molecule has 0 radical (unpaired) electrons. The van der Waals surface area contributed by atoms with Crippen molar-refractivity contribution in [2.45, 2.75) is 25.7 Å². The molecule has 4 heterocycles. The van der Waals surface area contributed by atoms with E-state index in [1.807, 2.05) is 31.3 Å². The van der Waals surface area contributed by atoms with Gasteiger partial charge in [-0.25, -0.2) is 15.0 Å². The smallest absolute Gasteiger partial charge is 0.257 e. The van der Waals surface area contributed by atoms with Crippen molar-refractivity contribution in [2.24, 2.45) is 4.99 Å². The summed E-state index contributed by atoms with van der Waals surface area (Å²) < 4.78 is 11.4. The molecule has 2 aliphatic rings. The molecule has 2 aliphatic heterocycles. The molecule has 0 saturated carbocycles.